The number of aromatic nitrogens is 1. The summed E-state index contributed by atoms with van der Waals surface area (Å²) in [6, 6.07) is 4.91. The molecule has 0 unspecified atom stereocenters. The fourth-order valence-electron chi connectivity index (χ4n) is 1.84. The minimum absolute atomic E-state index is 0.253. The van der Waals surface area contributed by atoms with Crippen LogP contribution in [-0.2, 0) is 6.54 Å². The van der Waals surface area contributed by atoms with Crippen molar-refractivity contribution in [1.29, 1.82) is 0 Å². The summed E-state index contributed by atoms with van der Waals surface area (Å²) in [4.78, 5) is 4.40. The number of benzene rings is 1. The number of fused-ring (bicyclic) bond motifs is 1. The van der Waals surface area contributed by atoms with Gasteiger partial charge in [0.2, 0.25) is 0 Å². The Morgan fingerprint density at radius 2 is 2.00 bits per heavy atom. The SMILES string of the molecule is Cc1cc(C)c2cc(F)cc(CN)c2n1. The molecule has 0 spiro atoms. The van der Waals surface area contributed by atoms with Crippen LogP contribution in [0.1, 0.15) is 16.8 Å². The van der Waals surface area contributed by atoms with Crippen LogP contribution in [0.3, 0.4) is 0 Å². The largest absolute Gasteiger partial charge is 0.326 e. The Morgan fingerprint density at radius 3 is 2.67 bits per heavy atom. The van der Waals surface area contributed by atoms with Crippen molar-refractivity contribution < 1.29 is 4.39 Å². The third-order valence-electron chi connectivity index (χ3n) is 2.51. The second kappa shape index (κ2) is 3.59. The van der Waals surface area contributed by atoms with E-state index in [9.17, 15) is 4.39 Å². The predicted molar refractivity (Wildman–Crippen MR) is 59.1 cm³/mol. The summed E-state index contributed by atoms with van der Waals surface area (Å²) >= 11 is 0. The normalized spacial score (nSPS) is 10.9. The third kappa shape index (κ3) is 1.70. The zero-order valence-corrected chi connectivity index (χ0v) is 8.84. The van der Waals surface area contributed by atoms with Crippen LogP contribution in [0.5, 0.6) is 0 Å². The highest BCUT2D eigenvalue weighted by molar-refractivity contribution is 5.85. The van der Waals surface area contributed by atoms with E-state index < -0.39 is 0 Å². The first-order chi connectivity index (χ1) is 7.11. The van der Waals surface area contributed by atoms with Crippen molar-refractivity contribution in [2.24, 2.45) is 5.73 Å². The molecule has 2 N–H and O–H groups in total. The Hall–Kier alpha value is -1.48. The Kier molecular flexibility index (Phi) is 2.40. The number of halogens is 1. The average molecular weight is 204 g/mol. The van der Waals surface area contributed by atoms with Gasteiger partial charge < -0.3 is 5.73 Å². The molecule has 78 valence electrons. The molecule has 1 aromatic heterocycles. The Morgan fingerprint density at radius 1 is 1.27 bits per heavy atom. The predicted octanol–water partition coefficient (Wildman–Crippen LogP) is 2.45. The smallest absolute Gasteiger partial charge is 0.124 e. The Balaban J connectivity index is 2.89. The lowest BCUT2D eigenvalue weighted by Crippen LogP contribution is -2.01. The Bertz CT molecular complexity index is 521. The number of hydrogen-bond acceptors (Lipinski definition) is 2. The maximum Gasteiger partial charge on any atom is 0.124 e. The standard InChI is InChI=1S/C12H13FN2/c1-7-3-8(2)15-12-9(6-14)4-10(13)5-11(7)12/h3-5H,6,14H2,1-2H3. The van der Waals surface area contributed by atoms with Crippen LogP contribution in [0.4, 0.5) is 4.39 Å². The van der Waals surface area contributed by atoms with Crippen molar-refractivity contribution in [1.82, 2.24) is 4.98 Å². The molecule has 0 aliphatic heterocycles. The first-order valence-electron chi connectivity index (χ1n) is 4.88. The molecular formula is C12H13FN2. The summed E-state index contributed by atoms with van der Waals surface area (Å²) in [5.41, 5.74) is 9.12. The lowest BCUT2D eigenvalue weighted by molar-refractivity contribution is 0.627. The van der Waals surface area contributed by atoms with Gasteiger partial charge in [0.05, 0.1) is 5.52 Å². The fourth-order valence-corrected chi connectivity index (χ4v) is 1.84. The summed E-state index contributed by atoms with van der Waals surface area (Å²) in [6.45, 7) is 4.19. The van der Waals surface area contributed by atoms with Gasteiger partial charge in [-0.05, 0) is 43.2 Å². The van der Waals surface area contributed by atoms with Crippen LogP contribution >= 0.6 is 0 Å². The molecule has 0 aliphatic rings. The van der Waals surface area contributed by atoms with E-state index in [1.54, 1.807) is 0 Å². The van der Waals surface area contributed by atoms with E-state index in [4.69, 9.17) is 5.73 Å². The van der Waals surface area contributed by atoms with Gasteiger partial charge in [-0.25, -0.2) is 4.39 Å². The van der Waals surface area contributed by atoms with E-state index in [1.165, 1.54) is 12.1 Å². The van der Waals surface area contributed by atoms with Crippen LogP contribution in [-0.4, -0.2) is 4.98 Å². The van der Waals surface area contributed by atoms with Gasteiger partial charge in [-0.3, -0.25) is 4.98 Å². The molecule has 0 bridgehead atoms. The monoisotopic (exact) mass is 204 g/mol. The first kappa shape index (κ1) is 10.1. The van der Waals surface area contributed by atoms with E-state index in [0.717, 1.165) is 27.7 Å². The number of nitrogens with zero attached hydrogens (tertiary/aromatic N) is 1. The molecule has 0 radical (unpaired) electrons. The number of rotatable bonds is 1. The number of hydrogen-bond donors (Lipinski definition) is 1. The van der Waals surface area contributed by atoms with Crippen LogP contribution in [0, 0.1) is 19.7 Å². The van der Waals surface area contributed by atoms with E-state index >= 15 is 0 Å². The number of aryl methyl sites for hydroxylation is 2. The molecule has 0 saturated carbocycles. The minimum atomic E-state index is -0.253. The van der Waals surface area contributed by atoms with Gasteiger partial charge in [-0.15, -0.1) is 0 Å². The van der Waals surface area contributed by atoms with Gasteiger partial charge in [0.15, 0.2) is 0 Å². The van der Waals surface area contributed by atoms with Crippen molar-refractivity contribution in [3.05, 3.63) is 40.8 Å². The summed E-state index contributed by atoms with van der Waals surface area (Å²) in [5, 5.41) is 0.848. The zero-order valence-electron chi connectivity index (χ0n) is 8.84. The summed E-state index contributed by atoms with van der Waals surface area (Å²) in [6.07, 6.45) is 0. The van der Waals surface area contributed by atoms with Crippen LogP contribution in [0.15, 0.2) is 18.2 Å². The van der Waals surface area contributed by atoms with Crippen molar-refractivity contribution >= 4 is 10.9 Å². The lowest BCUT2D eigenvalue weighted by Gasteiger charge is -2.07. The minimum Gasteiger partial charge on any atom is -0.326 e. The van der Waals surface area contributed by atoms with Crippen molar-refractivity contribution in [2.75, 3.05) is 0 Å². The molecule has 2 nitrogen and oxygen atoms in total. The Labute approximate surface area is 87.9 Å². The van der Waals surface area contributed by atoms with Gasteiger partial charge in [-0.1, -0.05) is 0 Å². The molecule has 1 heterocycles. The molecule has 2 rings (SSSR count). The maximum absolute atomic E-state index is 13.3. The van der Waals surface area contributed by atoms with Crippen molar-refractivity contribution in [3.8, 4) is 0 Å². The van der Waals surface area contributed by atoms with E-state index in [0.29, 0.717) is 6.54 Å². The fraction of sp³-hybridized carbons (Fsp3) is 0.250. The number of pyridine rings is 1. The number of nitrogens with two attached hydrogens (primary N) is 1. The van der Waals surface area contributed by atoms with Crippen molar-refractivity contribution in [3.63, 3.8) is 0 Å². The molecule has 0 fully saturated rings. The van der Waals surface area contributed by atoms with Gasteiger partial charge in [0, 0.05) is 17.6 Å². The van der Waals surface area contributed by atoms with E-state index in [2.05, 4.69) is 4.98 Å². The van der Waals surface area contributed by atoms with E-state index in [-0.39, 0.29) is 5.82 Å². The summed E-state index contributed by atoms with van der Waals surface area (Å²) in [7, 11) is 0. The van der Waals surface area contributed by atoms with Crippen LogP contribution < -0.4 is 5.73 Å². The topological polar surface area (TPSA) is 38.9 Å². The molecule has 2 aromatic rings. The first-order valence-corrected chi connectivity index (χ1v) is 4.88. The second-order valence-corrected chi connectivity index (χ2v) is 3.75. The molecule has 1 aromatic carbocycles. The average Bonchev–Trinajstić information content (AvgIpc) is 2.18. The molecular weight excluding hydrogens is 191 g/mol. The van der Waals surface area contributed by atoms with Crippen LogP contribution in [0.25, 0.3) is 10.9 Å². The van der Waals surface area contributed by atoms with E-state index in [1.807, 2.05) is 19.9 Å². The maximum atomic E-state index is 13.3. The third-order valence-corrected chi connectivity index (χ3v) is 2.51. The van der Waals surface area contributed by atoms with Gasteiger partial charge in [0.1, 0.15) is 5.82 Å². The van der Waals surface area contributed by atoms with Gasteiger partial charge >= 0.3 is 0 Å². The molecule has 0 atom stereocenters. The molecule has 0 saturated heterocycles. The summed E-state index contributed by atoms with van der Waals surface area (Å²) in [5.74, 6) is -0.253. The molecule has 0 amide bonds. The highest BCUT2D eigenvalue weighted by atomic mass is 19.1. The van der Waals surface area contributed by atoms with Crippen LogP contribution in [0.2, 0.25) is 0 Å². The second-order valence-electron chi connectivity index (χ2n) is 3.75. The molecule has 0 aliphatic carbocycles. The van der Waals surface area contributed by atoms with Gasteiger partial charge in [0.25, 0.3) is 0 Å². The highest BCUT2D eigenvalue weighted by Gasteiger charge is 2.07. The molecule has 15 heavy (non-hydrogen) atoms. The zero-order chi connectivity index (χ0) is 11.0. The van der Waals surface area contributed by atoms with Gasteiger partial charge in [-0.2, -0.15) is 0 Å². The lowest BCUT2D eigenvalue weighted by atomic mass is 10.0. The quantitative estimate of drug-likeness (QED) is 0.774. The highest BCUT2D eigenvalue weighted by Crippen LogP contribution is 2.22. The molecule has 3 heteroatoms. The summed E-state index contributed by atoms with van der Waals surface area (Å²) < 4.78 is 13.3. The van der Waals surface area contributed by atoms with Crippen molar-refractivity contribution in [2.45, 2.75) is 20.4 Å².